The third kappa shape index (κ3) is 2.08. The van der Waals surface area contributed by atoms with Crippen LogP contribution in [0, 0.1) is 0 Å². The largest absolute Gasteiger partial charge is 0.478 e. The second-order valence-electron chi connectivity index (χ2n) is 4.04. The zero-order chi connectivity index (χ0) is 12.3. The molecule has 0 atom stereocenters. The minimum atomic E-state index is -1.11. The molecule has 90 valence electrons. The van der Waals surface area contributed by atoms with Crippen molar-refractivity contribution in [3.05, 3.63) is 29.8 Å². The second-order valence-corrected chi connectivity index (χ2v) is 4.04. The monoisotopic (exact) mass is 235 g/mol. The van der Waals surface area contributed by atoms with Crippen LogP contribution in [0.2, 0.25) is 0 Å². The van der Waals surface area contributed by atoms with Gasteiger partial charge in [-0.25, -0.2) is 4.79 Å². The van der Waals surface area contributed by atoms with E-state index >= 15 is 0 Å². The number of oxime groups is 1. The molecule has 0 aliphatic heterocycles. The Labute approximate surface area is 98.3 Å². The Morgan fingerprint density at radius 1 is 1.41 bits per heavy atom. The van der Waals surface area contributed by atoms with Crippen molar-refractivity contribution in [3.63, 3.8) is 0 Å². The van der Waals surface area contributed by atoms with Gasteiger partial charge in [0.1, 0.15) is 5.75 Å². The van der Waals surface area contributed by atoms with Gasteiger partial charge in [-0.05, 0) is 31.4 Å². The first-order valence-corrected chi connectivity index (χ1v) is 5.37. The normalized spacial score (nSPS) is 17.6. The molecule has 5 heteroatoms. The fraction of sp³-hybridized carbons (Fsp3) is 0.333. The van der Waals surface area contributed by atoms with E-state index in [1.807, 2.05) is 0 Å². The maximum Gasteiger partial charge on any atom is 0.348 e. The molecule has 1 aliphatic carbocycles. The van der Waals surface area contributed by atoms with Gasteiger partial charge in [-0.1, -0.05) is 17.3 Å². The maximum atomic E-state index is 11.2. The number of aliphatic carboxylic acids is 1. The summed E-state index contributed by atoms with van der Waals surface area (Å²) in [5, 5.41) is 20.6. The number of hydrogen-bond donors (Lipinski definition) is 2. The molecule has 17 heavy (non-hydrogen) atoms. The summed E-state index contributed by atoms with van der Waals surface area (Å²) in [5.74, 6) is -0.521. The van der Waals surface area contributed by atoms with Gasteiger partial charge in [-0.3, -0.25) is 0 Å². The molecule has 0 saturated heterocycles. The van der Waals surface area contributed by atoms with Crippen molar-refractivity contribution in [3.8, 4) is 5.75 Å². The van der Waals surface area contributed by atoms with Crippen LogP contribution in [0.1, 0.15) is 24.8 Å². The minimum absolute atomic E-state index is 0.424. The van der Waals surface area contributed by atoms with Crippen molar-refractivity contribution in [2.75, 3.05) is 0 Å². The number of nitrogens with zero attached hydrogens (tertiary/aromatic N) is 1. The Hall–Kier alpha value is -2.04. The molecular weight excluding hydrogens is 222 g/mol. The van der Waals surface area contributed by atoms with Gasteiger partial charge in [0.2, 0.25) is 5.60 Å². The maximum absolute atomic E-state index is 11.2. The zero-order valence-electron chi connectivity index (χ0n) is 9.17. The van der Waals surface area contributed by atoms with Gasteiger partial charge in [0.05, 0.1) is 6.21 Å². The number of ether oxygens (including phenoxy) is 1. The highest BCUT2D eigenvalue weighted by Gasteiger charge is 2.47. The van der Waals surface area contributed by atoms with Gasteiger partial charge in [-0.15, -0.1) is 0 Å². The molecular formula is C12H13NO4. The average molecular weight is 235 g/mol. The number of carboxylic acid groups (broad SMARTS) is 1. The third-order valence-electron chi connectivity index (χ3n) is 2.97. The standard InChI is InChI=1S/C12H13NO4/c14-11(15)12(6-3-7-12)17-10-5-2-1-4-9(10)8-13-16/h1-2,4-5,8,16H,3,6-7H2,(H,14,15)/b13-8-. The molecule has 1 aromatic rings. The van der Waals surface area contributed by atoms with Crippen LogP contribution < -0.4 is 4.74 Å². The fourth-order valence-electron chi connectivity index (χ4n) is 1.81. The number of hydrogen-bond acceptors (Lipinski definition) is 4. The lowest BCUT2D eigenvalue weighted by Gasteiger charge is -2.37. The summed E-state index contributed by atoms with van der Waals surface area (Å²) in [7, 11) is 0. The van der Waals surface area contributed by atoms with E-state index in [1.165, 1.54) is 6.21 Å². The minimum Gasteiger partial charge on any atom is -0.478 e. The Kier molecular flexibility index (Phi) is 2.99. The highest BCUT2D eigenvalue weighted by atomic mass is 16.5. The SMILES string of the molecule is O=C(O)C1(Oc2ccccc2/C=N\O)CCC1. The summed E-state index contributed by atoms with van der Waals surface area (Å²) >= 11 is 0. The van der Waals surface area contributed by atoms with Gasteiger partial charge >= 0.3 is 5.97 Å². The molecule has 0 aromatic heterocycles. The van der Waals surface area contributed by atoms with Crippen LogP contribution in [0.5, 0.6) is 5.75 Å². The van der Waals surface area contributed by atoms with E-state index in [2.05, 4.69) is 5.16 Å². The Bertz CT molecular complexity index is 452. The number of carboxylic acids is 1. The Morgan fingerprint density at radius 2 is 2.12 bits per heavy atom. The van der Waals surface area contributed by atoms with E-state index in [0.29, 0.717) is 24.2 Å². The molecule has 0 bridgehead atoms. The smallest absolute Gasteiger partial charge is 0.348 e. The van der Waals surface area contributed by atoms with Crippen molar-refractivity contribution in [2.24, 2.45) is 5.16 Å². The molecule has 0 amide bonds. The zero-order valence-corrected chi connectivity index (χ0v) is 9.17. The van der Waals surface area contributed by atoms with Gasteiger partial charge in [0, 0.05) is 5.56 Å². The van der Waals surface area contributed by atoms with E-state index in [9.17, 15) is 4.79 Å². The molecule has 5 nitrogen and oxygen atoms in total. The summed E-state index contributed by atoms with van der Waals surface area (Å²) in [6.45, 7) is 0. The highest BCUT2D eigenvalue weighted by Crippen LogP contribution is 2.37. The van der Waals surface area contributed by atoms with E-state index < -0.39 is 11.6 Å². The first kappa shape index (κ1) is 11.4. The average Bonchev–Trinajstić information content (AvgIpc) is 2.25. The fourth-order valence-corrected chi connectivity index (χ4v) is 1.81. The molecule has 1 aliphatic rings. The third-order valence-corrected chi connectivity index (χ3v) is 2.97. The lowest BCUT2D eigenvalue weighted by molar-refractivity contribution is -0.163. The summed E-state index contributed by atoms with van der Waals surface area (Å²) in [6.07, 6.45) is 3.09. The molecule has 1 saturated carbocycles. The van der Waals surface area contributed by atoms with Crippen LogP contribution in [0.4, 0.5) is 0 Å². The highest BCUT2D eigenvalue weighted by molar-refractivity contribution is 5.84. The summed E-state index contributed by atoms with van der Waals surface area (Å²) in [5.41, 5.74) is -0.554. The topological polar surface area (TPSA) is 79.1 Å². The van der Waals surface area contributed by atoms with Gasteiger partial charge in [0.15, 0.2) is 0 Å². The van der Waals surface area contributed by atoms with Crippen LogP contribution in [-0.4, -0.2) is 28.1 Å². The molecule has 0 radical (unpaired) electrons. The predicted octanol–water partition coefficient (Wildman–Crippen LogP) is 1.88. The molecule has 0 heterocycles. The van der Waals surface area contributed by atoms with Crippen molar-refractivity contribution in [1.29, 1.82) is 0 Å². The van der Waals surface area contributed by atoms with Crippen molar-refractivity contribution in [2.45, 2.75) is 24.9 Å². The van der Waals surface area contributed by atoms with Crippen molar-refractivity contribution >= 4 is 12.2 Å². The van der Waals surface area contributed by atoms with Crippen LogP contribution in [-0.2, 0) is 4.79 Å². The molecule has 2 N–H and O–H groups in total. The van der Waals surface area contributed by atoms with Crippen molar-refractivity contribution < 1.29 is 19.8 Å². The number of carbonyl (C=O) groups is 1. The van der Waals surface area contributed by atoms with E-state index in [1.54, 1.807) is 24.3 Å². The van der Waals surface area contributed by atoms with Gasteiger partial charge < -0.3 is 15.1 Å². The predicted molar refractivity (Wildman–Crippen MR) is 60.7 cm³/mol. The van der Waals surface area contributed by atoms with Crippen molar-refractivity contribution in [1.82, 2.24) is 0 Å². The molecule has 2 rings (SSSR count). The quantitative estimate of drug-likeness (QED) is 0.474. The van der Waals surface area contributed by atoms with E-state index in [-0.39, 0.29) is 0 Å². The molecule has 0 unspecified atom stereocenters. The Morgan fingerprint density at radius 3 is 2.65 bits per heavy atom. The van der Waals surface area contributed by atoms with Gasteiger partial charge in [-0.2, -0.15) is 0 Å². The van der Waals surface area contributed by atoms with E-state index in [4.69, 9.17) is 15.1 Å². The number of rotatable bonds is 4. The molecule has 1 aromatic carbocycles. The van der Waals surface area contributed by atoms with E-state index in [0.717, 1.165) is 6.42 Å². The summed E-state index contributed by atoms with van der Waals surface area (Å²) < 4.78 is 5.58. The van der Waals surface area contributed by atoms with Gasteiger partial charge in [0.25, 0.3) is 0 Å². The van der Waals surface area contributed by atoms with Crippen LogP contribution in [0.25, 0.3) is 0 Å². The molecule has 0 spiro atoms. The first-order valence-electron chi connectivity index (χ1n) is 5.37. The Balaban J connectivity index is 2.26. The molecule has 1 fully saturated rings. The van der Waals surface area contributed by atoms with Crippen LogP contribution >= 0.6 is 0 Å². The lowest BCUT2D eigenvalue weighted by Crippen LogP contribution is -2.50. The summed E-state index contributed by atoms with van der Waals surface area (Å²) in [6, 6.07) is 6.87. The lowest BCUT2D eigenvalue weighted by atomic mass is 9.80. The summed E-state index contributed by atoms with van der Waals surface area (Å²) in [4.78, 5) is 11.2. The number of benzene rings is 1. The van der Waals surface area contributed by atoms with Crippen LogP contribution in [0.15, 0.2) is 29.4 Å². The second kappa shape index (κ2) is 4.45. The first-order chi connectivity index (χ1) is 8.18. The number of para-hydroxylation sites is 1. The van der Waals surface area contributed by atoms with Crippen LogP contribution in [0.3, 0.4) is 0 Å².